The molecule has 1 N–H and O–H groups in total. The van der Waals surface area contributed by atoms with E-state index in [1.807, 2.05) is 0 Å². The molecule has 2 rings (SSSR count). The standard InChI is InChI=1S/C15H23N5O5/c1-15(2,3)25-14(22)17-10-5-6-19(9-11(21)7-10)13-12(20(23)24)8-16-18(13)4/h8,10H,5-7,9H2,1-4H3,(H,17,22). The number of nitrogens with one attached hydrogen (secondary N) is 1. The first-order valence-corrected chi connectivity index (χ1v) is 7.99. The average Bonchev–Trinajstić information content (AvgIpc) is 2.73. The Hall–Kier alpha value is -2.65. The van der Waals surface area contributed by atoms with Gasteiger partial charge in [0.25, 0.3) is 0 Å². The van der Waals surface area contributed by atoms with Crippen molar-refractivity contribution >= 4 is 23.4 Å². The molecule has 1 amide bonds. The van der Waals surface area contributed by atoms with Gasteiger partial charge in [0, 0.05) is 26.1 Å². The summed E-state index contributed by atoms with van der Waals surface area (Å²) in [6, 6.07) is -0.375. The third-order valence-electron chi connectivity index (χ3n) is 3.69. The number of ketones is 1. The molecular weight excluding hydrogens is 330 g/mol. The van der Waals surface area contributed by atoms with Crippen molar-refractivity contribution in [2.24, 2.45) is 7.05 Å². The van der Waals surface area contributed by atoms with Crippen molar-refractivity contribution in [3.05, 3.63) is 16.3 Å². The van der Waals surface area contributed by atoms with Crippen LogP contribution in [0.25, 0.3) is 0 Å². The van der Waals surface area contributed by atoms with Crippen molar-refractivity contribution in [1.29, 1.82) is 0 Å². The lowest BCUT2D eigenvalue weighted by atomic mass is 10.1. The summed E-state index contributed by atoms with van der Waals surface area (Å²) in [5.41, 5.74) is -0.769. The Labute approximate surface area is 145 Å². The zero-order valence-corrected chi connectivity index (χ0v) is 14.8. The van der Waals surface area contributed by atoms with E-state index in [1.165, 1.54) is 10.9 Å². The van der Waals surface area contributed by atoms with Crippen molar-refractivity contribution in [2.45, 2.75) is 45.3 Å². The molecule has 0 spiro atoms. The fourth-order valence-electron chi connectivity index (χ4n) is 2.74. The largest absolute Gasteiger partial charge is 0.444 e. The topological polar surface area (TPSA) is 120 Å². The molecule has 1 aliphatic heterocycles. The van der Waals surface area contributed by atoms with Crippen LogP contribution in [-0.4, -0.2) is 51.3 Å². The van der Waals surface area contributed by atoms with Gasteiger partial charge in [0.2, 0.25) is 5.82 Å². The van der Waals surface area contributed by atoms with Crippen molar-refractivity contribution < 1.29 is 19.2 Å². The number of hydrogen-bond donors (Lipinski definition) is 1. The predicted octanol–water partition coefficient (Wildman–Crippen LogP) is 1.39. The van der Waals surface area contributed by atoms with Crippen molar-refractivity contribution in [3.8, 4) is 0 Å². The number of alkyl carbamates (subject to hydrolysis) is 1. The molecule has 0 aliphatic carbocycles. The van der Waals surface area contributed by atoms with E-state index in [9.17, 15) is 19.7 Å². The zero-order chi connectivity index (χ0) is 18.8. The van der Waals surface area contributed by atoms with Crippen molar-refractivity contribution in [2.75, 3.05) is 18.0 Å². The summed E-state index contributed by atoms with van der Waals surface area (Å²) in [4.78, 5) is 36.4. The van der Waals surface area contributed by atoms with Crippen LogP contribution in [0.15, 0.2) is 6.20 Å². The van der Waals surface area contributed by atoms with Crippen LogP contribution >= 0.6 is 0 Å². The summed E-state index contributed by atoms with van der Waals surface area (Å²) >= 11 is 0. The number of carbonyl (C=O) groups is 2. The molecule has 1 aromatic rings. The lowest BCUT2D eigenvalue weighted by molar-refractivity contribution is -0.384. The fourth-order valence-corrected chi connectivity index (χ4v) is 2.74. The summed E-state index contributed by atoms with van der Waals surface area (Å²) in [7, 11) is 1.59. The molecule has 2 heterocycles. The average molecular weight is 353 g/mol. The van der Waals surface area contributed by atoms with Crippen LogP contribution in [0.3, 0.4) is 0 Å². The Balaban J connectivity index is 2.09. The molecule has 25 heavy (non-hydrogen) atoms. The second-order valence-corrected chi connectivity index (χ2v) is 7.03. The number of aromatic nitrogens is 2. The summed E-state index contributed by atoms with van der Waals surface area (Å²) in [5.74, 6) is 0.172. The number of aryl methyl sites for hydroxylation is 1. The minimum atomic E-state index is -0.625. The Morgan fingerprint density at radius 2 is 2.16 bits per heavy atom. The lowest BCUT2D eigenvalue weighted by Crippen LogP contribution is -2.40. The monoisotopic (exact) mass is 353 g/mol. The Bertz CT molecular complexity index is 678. The number of carbonyl (C=O) groups excluding carboxylic acids is 2. The number of nitro groups is 1. The first kappa shape index (κ1) is 18.7. The van der Waals surface area contributed by atoms with Gasteiger partial charge in [0.1, 0.15) is 11.8 Å². The number of Topliss-reactive ketones (excluding diaryl/α,β-unsaturated/α-hetero) is 1. The van der Waals surface area contributed by atoms with Gasteiger partial charge in [0.05, 0.1) is 11.5 Å². The quantitative estimate of drug-likeness (QED) is 0.644. The molecule has 0 radical (unpaired) electrons. The number of amides is 1. The van der Waals surface area contributed by atoms with E-state index < -0.39 is 16.6 Å². The highest BCUT2D eigenvalue weighted by molar-refractivity contribution is 5.85. The molecule has 10 nitrogen and oxygen atoms in total. The number of anilines is 1. The highest BCUT2D eigenvalue weighted by Gasteiger charge is 2.31. The molecule has 10 heteroatoms. The maximum Gasteiger partial charge on any atom is 0.407 e. The second kappa shape index (κ2) is 7.08. The van der Waals surface area contributed by atoms with Crippen molar-refractivity contribution in [3.63, 3.8) is 0 Å². The van der Waals surface area contributed by atoms with Crippen LogP contribution in [-0.2, 0) is 16.6 Å². The lowest BCUT2D eigenvalue weighted by Gasteiger charge is -2.23. The molecule has 1 aromatic heterocycles. The normalized spacial score (nSPS) is 18.6. The highest BCUT2D eigenvalue weighted by Crippen LogP contribution is 2.28. The minimum absolute atomic E-state index is 0.0346. The Morgan fingerprint density at radius 3 is 2.76 bits per heavy atom. The van der Waals surface area contributed by atoms with Crippen molar-refractivity contribution in [1.82, 2.24) is 15.1 Å². The van der Waals surface area contributed by atoms with Gasteiger partial charge in [-0.15, -0.1) is 0 Å². The summed E-state index contributed by atoms with van der Waals surface area (Å²) in [5, 5.41) is 17.8. The van der Waals surface area contributed by atoms with E-state index in [1.54, 1.807) is 32.7 Å². The third-order valence-corrected chi connectivity index (χ3v) is 3.69. The fraction of sp³-hybridized carbons (Fsp3) is 0.667. The van der Waals surface area contributed by atoms with Gasteiger partial charge in [-0.2, -0.15) is 5.10 Å². The third kappa shape index (κ3) is 4.91. The zero-order valence-electron chi connectivity index (χ0n) is 14.8. The second-order valence-electron chi connectivity index (χ2n) is 7.03. The molecule has 0 aromatic carbocycles. The maximum absolute atomic E-state index is 12.2. The van der Waals surface area contributed by atoms with E-state index in [4.69, 9.17) is 4.74 Å². The summed E-state index contributed by atoms with van der Waals surface area (Å²) in [6.45, 7) is 5.69. The van der Waals surface area contributed by atoms with Crippen LogP contribution in [0.5, 0.6) is 0 Å². The molecule has 1 saturated heterocycles. The van der Waals surface area contributed by atoms with Crippen LogP contribution in [0.4, 0.5) is 16.3 Å². The molecule has 1 fully saturated rings. The van der Waals surface area contributed by atoms with Gasteiger partial charge in [0.15, 0.2) is 5.78 Å². The molecule has 138 valence electrons. The van der Waals surface area contributed by atoms with Gasteiger partial charge >= 0.3 is 11.8 Å². The summed E-state index contributed by atoms with van der Waals surface area (Å²) < 4.78 is 6.59. The van der Waals surface area contributed by atoms with Gasteiger partial charge < -0.3 is 15.0 Å². The number of hydrogen-bond acceptors (Lipinski definition) is 7. The van der Waals surface area contributed by atoms with E-state index in [-0.39, 0.29) is 36.3 Å². The smallest absolute Gasteiger partial charge is 0.407 e. The van der Waals surface area contributed by atoms with Crippen LogP contribution < -0.4 is 10.2 Å². The minimum Gasteiger partial charge on any atom is -0.444 e. The van der Waals surface area contributed by atoms with E-state index in [2.05, 4.69) is 10.4 Å². The molecule has 0 bridgehead atoms. The Kier molecular flexibility index (Phi) is 5.29. The van der Waals surface area contributed by atoms with Crippen LogP contribution in [0.2, 0.25) is 0 Å². The summed E-state index contributed by atoms with van der Waals surface area (Å²) in [6.07, 6.45) is 1.21. The van der Waals surface area contributed by atoms with Gasteiger partial charge in [-0.1, -0.05) is 0 Å². The first-order chi connectivity index (χ1) is 11.6. The SMILES string of the molecule is Cn1ncc([N+](=O)[O-])c1N1CCC(NC(=O)OC(C)(C)C)CC(=O)C1. The van der Waals surface area contributed by atoms with Gasteiger partial charge in [-0.3, -0.25) is 14.9 Å². The molecule has 1 aliphatic rings. The highest BCUT2D eigenvalue weighted by atomic mass is 16.6. The van der Waals surface area contributed by atoms with Gasteiger partial charge in [-0.25, -0.2) is 9.48 Å². The predicted molar refractivity (Wildman–Crippen MR) is 89.5 cm³/mol. The number of rotatable bonds is 3. The number of nitrogens with zero attached hydrogens (tertiary/aromatic N) is 4. The van der Waals surface area contributed by atoms with E-state index >= 15 is 0 Å². The molecule has 1 atom stereocenters. The number of ether oxygens (including phenoxy) is 1. The van der Waals surface area contributed by atoms with Crippen LogP contribution in [0, 0.1) is 10.1 Å². The maximum atomic E-state index is 12.2. The van der Waals surface area contributed by atoms with E-state index in [0.29, 0.717) is 13.0 Å². The molecule has 0 saturated carbocycles. The van der Waals surface area contributed by atoms with E-state index in [0.717, 1.165) is 0 Å². The van der Waals surface area contributed by atoms with Crippen LogP contribution in [0.1, 0.15) is 33.6 Å². The molecule has 1 unspecified atom stereocenters. The molecular formula is C15H23N5O5. The first-order valence-electron chi connectivity index (χ1n) is 7.99. The van der Waals surface area contributed by atoms with Gasteiger partial charge in [-0.05, 0) is 27.2 Å². The Morgan fingerprint density at radius 1 is 1.48 bits per heavy atom.